The molecule has 5 nitrogen and oxygen atoms in total. The van der Waals surface area contributed by atoms with E-state index in [0.29, 0.717) is 17.3 Å². The molecule has 0 saturated heterocycles. The SMILES string of the molecule is COC(=O)COc1ccc(CC(C)NC[C@H](O)c2cccc(Cl)c2)cc1. The number of nitrogens with one attached hydrogen (secondary N) is 1. The average Bonchev–Trinajstić information content (AvgIpc) is 2.65. The number of aliphatic hydroxyl groups excluding tert-OH is 1. The zero-order valence-corrected chi connectivity index (χ0v) is 15.7. The van der Waals surface area contributed by atoms with E-state index in [1.165, 1.54) is 7.11 Å². The van der Waals surface area contributed by atoms with Gasteiger partial charge in [0.05, 0.1) is 13.2 Å². The van der Waals surface area contributed by atoms with Gasteiger partial charge in [-0.3, -0.25) is 0 Å². The maximum Gasteiger partial charge on any atom is 0.343 e. The van der Waals surface area contributed by atoms with Crippen molar-refractivity contribution in [1.29, 1.82) is 0 Å². The van der Waals surface area contributed by atoms with Crippen LogP contribution in [0.2, 0.25) is 5.02 Å². The van der Waals surface area contributed by atoms with Crippen LogP contribution >= 0.6 is 11.6 Å². The Morgan fingerprint density at radius 3 is 2.62 bits per heavy atom. The lowest BCUT2D eigenvalue weighted by Crippen LogP contribution is -2.32. The van der Waals surface area contributed by atoms with E-state index < -0.39 is 12.1 Å². The molecule has 2 aromatic carbocycles. The number of carbonyl (C=O) groups excluding carboxylic acids is 1. The number of rotatable bonds is 9. The van der Waals surface area contributed by atoms with Gasteiger partial charge in [0.1, 0.15) is 5.75 Å². The molecule has 0 heterocycles. The van der Waals surface area contributed by atoms with E-state index in [1.54, 1.807) is 12.1 Å². The topological polar surface area (TPSA) is 67.8 Å². The van der Waals surface area contributed by atoms with Crippen LogP contribution in [0.15, 0.2) is 48.5 Å². The molecule has 0 radical (unpaired) electrons. The van der Waals surface area contributed by atoms with Gasteiger partial charge in [-0.05, 0) is 48.7 Å². The first-order chi connectivity index (χ1) is 12.5. The highest BCUT2D eigenvalue weighted by Gasteiger charge is 2.10. The van der Waals surface area contributed by atoms with Gasteiger partial charge in [0.2, 0.25) is 0 Å². The molecule has 0 aliphatic heterocycles. The Bertz CT molecular complexity index is 705. The lowest BCUT2D eigenvalue weighted by molar-refractivity contribution is -0.142. The molecule has 0 fully saturated rings. The Hall–Kier alpha value is -2.08. The molecule has 6 heteroatoms. The van der Waals surface area contributed by atoms with Gasteiger partial charge in [0.15, 0.2) is 6.61 Å². The maximum atomic E-state index is 11.1. The number of carbonyl (C=O) groups is 1. The molecule has 0 aromatic heterocycles. The molecule has 2 atom stereocenters. The van der Waals surface area contributed by atoms with Crippen molar-refractivity contribution in [1.82, 2.24) is 5.32 Å². The minimum Gasteiger partial charge on any atom is -0.482 e. The Labute approximate surface area is 158 Å². The highest BCUT2D eigenvalue weighted by molar-refractivity contribution is 6.30. The van der Waals surface area contributed by atoms with E-state index >= 15 is 0 Å². The van der Waals surface area contributed by atoms with Gasteiger partial charge < -0.3 is 19.9 Å². The van der Waals surface area contributed by atoms with Gasteiger partial charge in [0, 0.05) is 17.6 Å². The molecule has 0 aliphatic rings. The highest BCUT2D eigenvalue weighted by atomic mass is 35.5. The van der Waals surface area contributed by atoms with Crippen molar-refractivity contribution in [3.8, 4) is 5.75 Å². The summed E-state index contributed by atoms with van der Waals surface area (Å²) >= 11 is 5.95. The van der Waals surface area contributed by atoms with Crippen LogP contribution in [0, 0.1) is 0 Å². The second-order valence-corrected chi connectivity index (χ2v) is 6.53. The van der Waals surface area contributed by atoms with E-state index in [-0.39, 0.29) is 12.6 Å². The lowest BCUT2D eigenvalue weighted by atomic mass is 10.1. The van der Waals surface area contributed by atoms with Crippen molar-refractivity contribution in [2.75, 3.05) is 20.3 Å². The Morgan fingerprint density at radius 2 is 1.96 bits per heavy atom. The average molecular weight is 378 g/mol. The third-order valence-electron chi connectivity index (χ3n) is 3.94. The summed E-state index contributed by atoms with van der Waals surface area (Å²) in [4.78, 5) is 11.1. The van der Waals surface area contributed by atoms with Crippen molar-refractivity contribution in [2.24, 2.45) is 0 Å². The summed E-state index contributed by atoms with van der Waals surface area (Å²) in [6, 6.07) is 15.0. The highest BCUT2D eigenvalue weighted by Crippen LogP contribution is 2.18. The summed E-state index contributed by atoms with van der Waals surface area (Å²) in [7, 11) is 1.33. The number of aliphatic hydroxyl groups is 1. The van der Waals surface area contributed by atoms with Gasteiger partial charge in [-0.2, -0.15) is 0 Å². The van der Waals surface area contributed by atoms with Crippen LogP contribution in [-0.2, 0) is 16.0 Å². The number of halogens is 1. The monoisotopic (exact) mass is 377 g/mol. The van der Waals surface area contributed by atoms with E-state index in [4.69, 9.17) is 16.3 Å². The van der Waals surface area contributed by atoms with E-state index in [0.717, 1.165) is 17.5 Å². The van der Waals surface area contributed by atoms with E-state index in [9.17, 15) is 9.90 Å². The van der Waals surface area contributed by atoms with Crippen LogP contribution in [0.4, 0.5) is 0 Å². The number of methoxy groups -OCH3 is 1. The summed E-state index contributed by atoms with van der Waals surface area (Å²) in [6.45, 7) is 2.41. The normalized spacial score (nSPS) is 13.1. The van der Waals surface area contributed by atoms with Crippen LogP contribution in [0.5, 0.6) is 5.75 Å². The van der Waals surface area contributed by atoms with E-state index in [2.05, 4.69) is 17.0 Å². The minimum absolute atomic E-state index is 0.102. The Balaban J connectivity index is 1.78. The molecule has 2 N–H and O–H groups in total. The number of hydrogen-bond acceptors (Lipinski definition) is 5. The van der Waals surface area contributed by atoms with Crippen molar-refractivity contribution in [2.45, 2.75) is 25.5 Å². The molecule has 0 spiro atoms. The first-order valence-corrected chi connectivity index (χ1v) is 8.81. The fraction of sp³-hybridized carbons (Fsp3) is 0.350. The third kappa shape index (κ3) is 6.67. The summed E-state index contributed by atoms with van der Waals surface area (Å²) in [6.07, 6.45) is 0.199. The Kier molecular flexibility index (Phi) is 7.91. The van der Waals surface area contributed by atoms with Crippen molar-refractivity contribution in [3.63, 3.8) is 0 Å². The first kappa shape index (κ1) is 20.2. The predicted molar refractivity (Wildman–Crippen MR) is 102 cm³/mol. The third-order valence-corrected chi connectivity index (χ3v) is 4.18. The second kappa shape index (κ2) is 10.2. The zero-order chi connectivity index (χ0) is 18.9. The number of benzene rings is 2. The zero-order valence-electron chi connectivity index (χ0n) is 14.9. The molecule has 0 amide bonds. The molecular formula is C20H24ClNO4. The number of esters is 1. The number of ether oxygens (including phenoxy) is 2. The standard InChI is InChI=1S/C20H24ClNO4/c1-14(22-12-19(23)16-4-3-5-17(21)11-16)10-15-6-8-18(9-7-15)26-13-20(24)25-2/h3-9,11,14,19,22-23H,10,12-13H2,1-2H3/t14?,19-/m0/s1. The maximum absolute atomic E-state index is 11.1. The number of hydrogen-bond donors (Lipinski definition) is 2. The predicted octanol–water partition coefficient (Wildman–Crippen LogP) is 3.15. The Morgan fingerprint density at radius 1 is 1.23 bits per heavy atom. The molecular weight excluding hydrogens is 354 g/mol. The molecule has 0 bridgehead atoms. The van der Waals surface area contributed by atoms with Gasteiger partial charge in [-0.1, -0.05) is 35.9 Å². The largest absolute Gasteiger partial charge is 0.482 e. The van der Waals surface area contributed by atoms with Crippen molar-refractivity contribution >= 4 is 17.6 Å². The smallest absolute Gasteiger partial charge is 0.343 e. The van der Waals surface area contributed by atoms with Gasteiger partial charge >= 0.3 is 5.97 Å². The first-order valence-electron chi connectivity index (χ1n) is 8.43. The van der Waals surface area contributed by atoms with Gasteiger partial charge in [0.25, 0.3) is 0 Å². The summed E-state index contributed by atoms with van der Waals surface area (Å²) < 4.78 is 9.86. The fourth-order valence-electron chi connectivity index (χ4n) is 2.49. The molecule has 2 rings (SSSR count). The molecule has 0 saturated carbocycles. The summed E-state index contributed by atoms with van der Waals surface area (Å²) in [5.41, 5.74) is 1.93. The molecule has 26 heavy (non-hydrogen) atoms. The molecule has 2 aromatic rings. The van der Waals surface area contributed by atoms with Crippen LogP contribution in [0.3, 0.4) is 0 Å². The fourth-order valence-corrected chi connectivity index (χ4v) is 2.69. The van der Waals surface area contributed by atoms with Crippen LogP contribution in [0.25, 0.3) is 0 Å². The second-order valence-electron chi connectivity index (χ2n) is 6.09. The van der Waals surface area contributed by atoms with Crippen LogP contribution in [0.1, 0.15) is 24.2 Å². The van der Waals surface area contributed by atoms with Gasteiger partial charge in [-0.25, -0.2) is 4.79 Å². The summed E-state index contributed by atoms with van der Waals surface area (Å²) in [5.74, 6) is 0.210. The van der Waals surface area contributed by atoms with E-state index in [1.807, 2.05) is 36.4 Å². The lowest BCUT2D eigenvalue weighted by Gasteiger charge is -2.18. The summed E-state index contributed by atoms with van der Waals surface area (Å²) in [5, 5.41) is 14.2. The van der Waals surface area contributed by atoms with Crippen LogP contribution in [-0.4, -0.2) is 37.4 Å². The van der Waals surface area contributed by atoms with Crippen LogP contribution < -0.4 is 10.1 Å². The van der Waals surface area contributed by atoms with Gasteiger partial charge in [-0.15, -0.1) is 0 Å². The van der Waals surface area contributed by atoms with Crippen molar-refractivity contribution in [3.05, 3.63) is 64.7 Å². The molecule has 140 valence electrons. The quantitative estimate of drug-likeness (QED) is 0.657. The molecule has 0 aliphatic carbocycles. The van der Waals surface area contributed by atoms with Crippen molar-refractivity contribution < 1.29 is 19.4 Å². The minimum atomic E-state index is -0.606. The molecule has 1 unspecified atom stereocenters.